The molecule has 0 fully saturated rings. The number of hydrogen-bond donors (Lipinski definition) is 3. The quantitative estimate of drug-likeness (QED) is 0.794. The molecular weight excluding hydrogens is 275 g/mol. The van der Waals surface area contributed by atoms with Crippen molar-refractivity contribution < 1.29 is 19.1 Å². The Morgan fingerprint density at radius 3 is 2.48 bits per heavy atom. The number of carbonyl (C=O) groups is 2. The summed E-state index contributed by atoms with van der Waals surface area (Å²) in [6.07, 6.45) is -0.697. The van der Waals surface area contributed by atoms with E-state index in [2.05, 4.69) is 10.6 Å². The van der Waals surface area contributed by atoms with Gasteiger partial charge in [-0.2, -0.15) is 0 Å². The average Bonchev–Trinajstić information content (AvgIpc) is 2.36. The lowest BCUT2D eigenvalue weighted by Crippen LogP contribution is -2.39. The van der Waals surface area contributed by atoms with Crippen molar-refractivity contribution in [2.75, 3.05) is 11.9 Å². The first kappa shape index (κ1) is 17.1. The van der Waals surface area contributed by atoms with Crippen LogP contribution in [-0.2, 0) is 4.79 Å². The summed E-state index contributed by atoms with van der Waals surface area (Å²) in [7, 11) is 0. The van der Waals surface area contributed by atoms with Gasteiger partial charge in [0.15, 0.2) is 0 Å². The van der Waals surface area contributed by atoms with E-state index in [1.54, 1.807) is 0 Å². The van der Waals surface area contributed by atoms with Crippen LogP contribution in [0.2, 0.25) is 0 Å². The fourth-order valence-corrected chi connectivity index (χ4v) is 1.55. The fourth-order valence-electron chi connectivity index (χ4n) is 1.55. The number of carbonyl (C=O) groups excluding carboxylic acids is 2. The molecule has 1 aromatic rings. The number of rotatable bonds is 4. The highest BCUT2D eigenvalue weighted by molar-refractivity contribution is 5.96. The van der Waals surface area contributed by atoms with Crippen molar-refractivity contribution in [2.24, 2.45) is 5.41 Å². The number of hydrogen-bond acceptors (Lipinski definition) is 3. The van der Waals surface area contributed by atoms with E-state index in [1.165, 1.54) is 19.1 Å². The summed E-state index contributed by atoms with van der Waals surface area (Å²) < 4.78 is 13.5. The molecule has 0 aromatic heterocycles. The average molecular weight is 296 g/mol. The Kier molecular flexibility index (Phi) is 5.43. The molecule has 5 nitrogen and oxygen atoms in total. The minimum absolute atomic E-state index is 0.0495. The number of nitrogens with one attached hydrogen (secondary N) is 2. The summed E-state index contributed by atoms with van der Waals surface area (Å²) in [4.78, 5) is 22.9. The fraction of sp³-hybridized carbons (Fsp3) is 0.467. The van der Waals surface area contributed by atoms with Crippen LogP contribution >= 0.6 is 0 Å². The van der Waals surface area contributed by atoms with Crippen LogP contribution in [0.25, 0.3) is 0 Å². The molecule has 1 atom stereocenters. The molecule has 0 bridgehead atoms. The highest BCUT2D eigenvalue weighted by Crippen LogP contribution is 2.19. The van der Waals surface area contributed by atoms with Crippen molar-refractivity contribution >= 4 is 17.5 Å². The number of aliphatic hydroxyl groups excluding tert-OH is 1. The maximum Gasteiger partial charge on any atom is 0.251 e. The van der Waals surface area contributed by atoms with E-state index >= 15 is 0 Å². The van der Waals surface area contributed by atoms with Crippen LogP contribution in [0.5, 0.6) is 0 Å². The molecule has 0 aliphatic heterocycles. The Balaban J connectivity index is 2.77. The van der Waals surface area contributed by atoms with E-state index in [9.17, 15) is 19.1 Å². The molecule has 0 heterocycles. The summed E-state index contributed by atoms with van der Waals surface area (Å²) in [5, 5.41) is 14.8. The topological polar surface area (TPSA) is 78.4 Å². The second kappa shape index (κ2) is 6.67. The predicted octanol–water partition coefficient (Wildman–Crippen LogP) is 1.92. The normalized spacial score (nSPS) is 12.7. The second-order valence-corrected chi connectivity index (χ2v) is 5.97. The number of benzene rings is 1. The van der Waals surface area contributed by atoms with E-state index in [1.807, 2.05) is 20.8 Å². The zero-order valence-corrected chi connectivity index (χ0v) is 12.7. The third-order valence-corrected chi connectivity index (χ3v) is 2.99. The van der Waals surface area contributed by atoms with Crippen LogP contribution in [0.1, 0.15) is 38.1 Å². The molecule has 0 saturated carbocycles. The van der Waals surface area contributed by atoms with Crippen LogP contribution in [-0.4, -0.2) is 29.6 Å². The molecule has 21 heavy (non-hydrogen) atoms. The zero-order valence-electron chi connectivity index (χ0n) is 12.7. The SMILES string of the molecule is CC(=O)Nc1cc(C(=O)NCC(O)C(C)(C)C)ccc1F. The van der Waals surface area contributed by atoms with Crippen molar-refractivity contribution in [3.05, 3.63) is 29.6 Å². The highest BCUT2D eigenvalue weighted by Gasteiger charge is 2.22. The van der Waals surface area contributed by atoms with E-state index < -0.39 is 23.7 Å². The largest absolute Gasteiger partial charge is 0.391 e. The molecule has 2 amide bonds. The molecule has 0 radical (unpaired) electrons. The Bertz CT molecular complexity index is 538. The van der Waals surface area contributed by atoms with Crippen molar-refractivity contribution in [1.82, 2.24) is 5.32 Å². The first-order valence-corrected chi connectivity index (χ1v) is 6.64. The van der Waals surface area contributed by atoms with E-state index in [-0.39, 0.29) is 23.2 Å². The van der Waals surface area contributed by atoms with Gasteiger partial charge < -0.3 is 15.7 Å². The summed E-state index contributed by atoms with van der Waals surface area (Å²) in [6, 6.07) is 3.69. The van der Waals surface area contributed by atoms with Gasteiger partial charge in [0.05, 0.1) is 11.8 Å². The third-order valence-electron chi connectivity index (χ3n) is 2.99. The van der Waals surface area contributed by atoms with Gasteiger partial charge in [0.25, 0.3) is 5.91 Å². The minimum atomic E-state index is -0.697. The summed E-state index contributed by atoms with van der Waals surface area (Å²) >= 11 is 0. The maximum absolute atomic E-state index is 13.5. The molecular formula is C15H21FN2O3. The Hall–Kier alpha value is -1.95. The Morgan fingerprint density at radius 2 is 1.95 bits per heavy atom. The molecule has 0 aliphatic rings. The molecule has 0 spiro atoms. The predicted molar refractivity (Wildman–Crippen MR) is 78.5 cm³/mol. The molecule has 0 saturated heterocycles. The standard InChI is InChI=1S/C15H21FN2O3/c1-9(19)18-12-7-10(5-6-11(12)16)14(21)17-8-13(20)15(2,3)4/h5-7,13,20H,8H2,1-4H3,(H,17,21)(H,18,19). The lowest BCUT2D eigenvalue weighted by molar-refractivity contribution is -0.114. The van der Waals surface area contributed by atoms with Gasteiger partial charge in [-0.25, -0.2) is 4.39 Å². The van der Waals surface area contributed by atoms with Gasteiger partial charge in [-0.3, -0.25) is 9.59 Å². The minimum Gasteiger partial charge on any atom is -0.391 e. The maximum atomic E-state index is 13.5. The molecule has 3 N–H and O–H groups in total. The summed E-state index contributed by atoms with van der Waals surface area (Å²) in [5.74, 6) is -1.48. The van der Waals surface area contributed by atoms with Crippen molar-refractivity contribution in [2.45, 2.75) is 33.8 Å². The highest BCUT2D eigenvalue weighted by atomic mass is 19.1. The van der Waals surface area contributed by atoms with Gasteiger partial charge in [0.1, 0.15) is 5.82 Å². The van der Waals surface area contributed by atoms with E-state index in [0.29, 0.717) is 0 Å². The van der Waals surface area contributed by atoms with Gasteiger partial charge >= 0.3 is 0 Å². The van der Waals surface area contributed by atoms with Gasteiger partial charge in [-0.1, -0.05) is 20.8 Å². The Morgan fingerprint density at radius 1 is 1.33 bits per heavy atom. The van der Waals surface area contributed by atoms with Gasteiger partial charge in [0.2, 0.25) is 5.91 Å². The summed E-state index contributed by atoms with van der Waals surface area (Å²) in [5.41, 5.74) is -0.190. The van der Waals surface area contributed by atoms with Crippen molar-refractivity contribution in [1.29, 1.82) is 0 Å². The molecule has 116 valence electrons. The molecule has 6 heteroatoms. The Labute approximate surface area is 123 Å². The molecule has 1 rings (SSSR count). The van der Waals surface area contributed by atoms with Crippen LogP contribution < -0.4 is 10.6 Å². The van der Waals surface area contributed by atoms with Crippen molar-refractivity contribution in [3.63, 3.8) is 0 Å². The van der Waals surface area contributed by atoms with Gasteiger partial charge in [-0.15, -0.1) is 0 Å². The van der Waals surface area contributed by atoms with Crippen LogP contribution in [0.15, 0.2) is 18.2 Å². The van der Waals surface area contributed by atoms with Crippen LogP contribution in [0, 0.1) is 11.2 Å². The lowest BCUT2D eigenvalue weighted by atomic mass is 9.89. The van der Waals surface area contributed by atoms with Crippen LogP contribution in [0.4, 0.5) is 10.1 Å². The number of aliphatic hydroxyl groups is 1. The van der Waals surface area contributed by atoms with E-state index in [4.69, 9.17) is 0 Å². The molecule has 1 unspecified atom stereocenters. The number of amides is 2. The van der Waals surface area contributed by atoms with Crippen LogP contribution in [0.3, 0.4) is 0 Å². The number of halogens is 1. The molecule has 1 aromatic carbocycles. The summed E-state index contributed by atoms with van der Waals surface area (Å²) in [6.45, 7) is 6.92. The number of anilines is 1. The monoisotopic (exact) mass is 296 g/mol. The second-order valence-electron chi connectivity index (χ2n) is 5.97. The third kappa shape index (κ3) is 5.15. The smallest absolute Gasteiger partial charge is 0.251 e. The lowest BCUT2D eigenvalue weighted by Gasteiger charge is -2.25. The van der Waals surface area contributed by atoms with Gasteiger partial charge in [0, 0.05) is 19.0 Å². The first-order valence-electron chi connectivity index (χ1n) is 6.64. The molecule has 0 aliphatic carbocycles. The van der Waals surface area contributed by atoms with Crippen molar-refractivity contribution in [3.8, 4) is 0 Å². The van der Waals surface area contributed by atoms with E-state index in [0.717, 1.165) is 6.07 Å². The zero-order chi connectivity index (χ0) is 16.2. The first-order chi connectivity index (χ1) is 9.61. The van der Waals surface area contributed by atoms with Gasteiger partial charge in [-0.05, 0) is 23.6 Å².